The van der Waals surface area contributed by atoms with E-state index in [9.17, 15) is 9.59 Å². The van der Waals surface area contributed by atoms with Gasteiger partial charge in [0, 0.05) is 12.4 Å². The molecule has 1 N–H and O–H groups in total. The van der Waals surface area contributed by atoms with E-state index < -0.39 is 11.5 Å². The summed E-state index contributed by atoms with van der Waals surface area (Å²) in [6.07, 6.45) is 2.61. The molecule has 0 saturated carbocycles. The van der Waals surface area contributed by atoms with Crippen LogP contribution >= 0.6 is 11.6 Å². The number of hydrogen-bond donors (Lipinski definition) is 1. The number of aromatic amines is 1. The fourth-order valence-corrected chi connectivity index (χ4v) is 1.51. The molecule has 0 aliphatic heterocycles. The molecule has 0 bridgehead atoms. The zero-order valence-corrected chi connectivity index (χ0v) is 10.8. The SMILES string of the molecule is CCOC(=O)c1cnc(-c2ccc(Cl)cn2)[nH]c1=O. The number of pyridine rings is 1. The van der Waals surface area contributed by atoms with Crippen molar-refractivity contribution in [2.45, 2.75) is 6.92 Å². The van der Waals surface area contributed by atoms with Gasteiger partial charge in [-0.2, -0.15) is 0 Å². The average molecular weight is 280 g/mol. The van der Waals surface area contributed by atoms with Crippen molar-refractivity contribution < 1.29 is 9.53 Å². The summed E-state index contributed by atoms with van der Waals surface area (Å²) >= 11 is 5.72. The summed E-state index contributed by atoms with van der Waals surface area (Å²) in [6, 6.07) is 3.24. The van der Waals surface area contributed by atoms with Gasteiger partial charge in [-0.05, 0) is 19.1 Å². The monoisotopic (exact) mass is 279 g/mol. The highest BCUT2D eigenvalue weighted by molar-refractivity contribution is 6.30. The van der Waals surface area contributed by atoms with E-state index in [4.69, 9.17) is 16.3 Å². The van der Waals surface area contributed by atoms with Crippen molar-refractivity contribution in [3.05, 3.63) is 45.5 Å². The maximum absolute atomic E-state index is 11.7. The Morgan fingerprint density at radius 2 is 2.16 bits per heavy atom. The van der Waals surface area contributed by atoms with Crippen molar-refractivity contribution in [1.82, 2.24) is 15.0 Å². The van der Waals surface area contributed by atoms with Gasteiger partial charge in [-0.15, -0.1) is 0 Å². The lowest BCUT2D eigenvalue weighted by Crippen LogP contribution is -2.21. The Balaban J connectivity index is 2.36. The van der Waals surface area contributed by atoms with Crippen LogP contribution in [-0.4, -0.2) is 27.5 Å². The molecular weight excluding hydrogens is 270 g/mol. The first-order chi connectivity index (χ1) is 9.11. The van der Waals surface area contributed by atoms with E-state index in [0.717, 1.165) is 0 Å². The first-order valence-corrected chi connectivity index (χ1v) is 5.88. The first-order valence-electron chi connectivity index (χ1n) is 5.50. The molecule has 0 atom stereocenters. The van der Waals surface area contributed by atoms with E-state index in [0.29, 0.717) is 10.7 Å². The highest BCUT2D eigenvalue weighted by Gasteiger charge is 2.13. The molecule has 2 aromatic heterocycles. The molecule has 98 valence electrons. The third-order valence-corrected chi connectivity index (χ3v) is 2.49. The van der Waals surface area contributed by atoms with Crippen molar-refractivity contribution in [3.63, 3.8) is 0 Å². The molecule has 0 spiro atoms. The van der Waals surface area contributed by atoms with Gasteiger partial charge in [-0.25, -0.2) is 9.78 Å². The summed E-state index contributed by atoms with van der Waals surface area (Å²) in [7, 11) is 0. The van der Waals surface area contributed by atoms with Gasteiger partial charge in [-0.3, -0.25) is 9.78 Å². The number of H-pyrrole nitrogens is 1. The number of aromatic nitrogens is 3. The Morgan fingerprint density at radius 1 is 1.37 bits per heavy atom. The normalized spacial score (nSPS) is 10.2. The van der Waals surface area contributed by atoms with Crippen LogP contribution < -0.4 is 5.56 Å². The number of carbonyl (C=O) groups excluding carboxylic acids is 1. The molecular formula is C12H10ClN3O3. The van der Waals surface area contributed by atoms with Gasteiger partial charge in [-0.1, -0.05) is 11.6 Å². The number of carbonyl (C=O) groups is 1. The number of rotatable bonds is 3. The molecule has 6 nitrogen and oxygen atoms in total. The quantitative estimate of drug-likeness (QED) is 0.864. The number of nitrogens with zero attached hydrogens (tertiary/aromatic N) is 2. The van der Waals surface area contributed by atoms with Gasteiger partial charge < -0.3 is 9.72 Å². The predicted octanol–water partition coefficient (Wildman–Crippen LogP) is 1.66. The number of esters is 1. The number of ether oxygens (including phenoxy) is 1. The molecule has 19 heavy (non-hydrogen) atoms. The van der Waals surface area contributed by atoms with Gasteiger partial charge in [0.1, 0.15) is 11.3 Å². The van der Waals surface area contributed by atoms with Crippen LogP contribution in [0, 0.1) is 0 Å². The van der Waals surface area contributed by atoms with Crippen molar-refractivity contribution in [1.29, 1.82) is 0 Å². The smallest absolute Gasteiger partial charge is 0.345 e. The van der Waals surface area contributed by atoms with Crippen LogP contribution in [-0.2, 0) is 4.74 Å². The Labute approximate surface area is 113 Å². The first kappa shape index (κ1) is 13.2. The van der Waals surface area contributed by atoms with Gasteiger partial charge in [0.15, 0.2) is 5.82 Å². The lowest BCUT2D eigenvalue weighted by molar-refractivity contribution is 0.0524. The van der Waals surface area contributed by atoms with E-state index >= 15 is 0 Å². The van der Waals surface area contributed by atoms with Crippen molar-refractivity contribution in [2.24, 2.45) is 0 Å². The van der Waals surface area contributed by atoms with Gasteiger partial charge in [0.25, 0.3) is 5.56 Å². The molecule has 2 aromatic rings. The van der Waals surface area contributed by atoms with Crippen LogP contribution in [0.3, 0.4) is 0 Å². The Bertz CT molecular complexity index is 652. The van der Waals surface area contributed by atoms with Gasteiger partial charge in [0.2, 0.25) is 0 Å². The van der Waals surface area contributed by atoms with E-state index in [1.54, 1.807) is 19.1 Å². The zero-order valence-electron chi connectivity index (χ0n) is 10.0. The second kappa shape index (κ2) is 5.62. The minimum atomic E-state index is -0.702. The molecule has 2 rings (SSSR count). The maximum atomic E-state index is 11.7. The van der Waals surface area contributed by atoms with E-state index in [1.165, 1.54) is 12.4 Å². The van der Waals surface area contributed by atoms with E-state index in [-0.39, 0.29) is 18.0 Å². The second-order valence-corrected chi connectivity index (χ2v) is 3.99. The Kier molecular flexibility index (Phi) is 3.91. The lowest BCUT2D eigenvalue weighted by Gasteiger charge is -2.02. The molecule has 0 aromatic carbocycles. The van der Waals surface area contributed by atoms with E-state index in [1.807, 2.05) is 0 Å². The zero-order chi connectivity index (χ0) is 13.8. The minimum absolute atomic E-state index is 0.139. The highest BCUT2D eigenvalue weighted by atomic mass is 35.5. The van der Waals surface area contributed by atoms with Crippen molar-refractivity contribution >= 4 is 17.6 Å². The molecule has 0 fully saturated rings. The molecule has 0 aliphatic rings. The summed E-state index contributed by atoms with van der Waals surface area (Å²) in [5.41, 5.74) is -0.253. The Hall–Kier alpha value is -2.21. The molecule has 0 aliphatic carbocycles. The topological polar surface area (TPSA) is 84.9 Å². The molecule has 0 amide bonds. The highest BCUT2D eigenvalue weighted by Crippen LogP contribution is 2.13. The summed E-state index contributed by atoms with van der Waals surface area (Å²) in [6.45, 7) is 1.85. The lowest BCUT2D eigenvalue weighted by atomic mass is 10.3. The van der Waals surface area contributed by atoms with Crippen LogP contribution in [0.4, 0.5) is 0 Å². The van der Waals surface area contributed by atoms with Crippen LogP contribution in [0.15, 0.2) is 29.3 Å². The van der Waals surface area contributed by atoms with Crippen LogP contribution in [0.5, 0.6) is 0 Å². The summed E-state index contributed by atoms with van der Waals surface area (Å²) in [5.74, 6) is -0.443. The number of hydrogen-bond acceptors (Lipinski definition) is 5. The summed E-state index contributed by atoms with van der Waals surface area (Å²) in [4.78, 5) is 33.7. The van der Waals surface area contributed by atoms with Crippen LogP contribution in [0.1, 0.15) is 17.3 Å². The van der Waals surface area contributed by atoms with E-state index in [2.05, 4.69) is 15.0 Å². The number of halogens is 1. The molecule has 0 radical (unpaired) electrons. The summed E-state index contributed by atoms with van der Waals surface area (Å²) in [5, 5.41) is 0.481. The molecule has 0 saturated heterocycles. The minimum Gasteiger partial charge on any atom is -0.462 e. The van der Waals surface area contributed by atoms with Gasteiger partial charge in [0.05, 0.1) is 11.6 Å². The third kappa shape index (κ3) is 2.97. The second-order valence-electron chi connectivity index (χ2n) is 3.56. The maximum Gasteiger partial charge on any atom is 0.345 e. The fraction of sp³-hybridized carbons (Fsp3) is 0.167. The van der Waals surface area contributed by atoms with Crippen LogP contribution in [0.2, 0.25) is 5.02 Å². The molecule has 0 unspecified atom stereocenters. The van der Waals surface area contributed by atoms with Crippen molar-refractivity contribution in [3.8, 4) is 11.5 Å². The average Bonchev–Trinajstić information content (AvgIpc) is 2.39. The van der Waals surface area contributed by atoms with Gasteiger partial charge >= 0.3 is 5.97 Å². The molecule has 7 heteroatoms. The van der Waals surface area contributed by atoms with Crippen molar-refractivity contribution in [2.75, 3.05) is 6.61 Å². The fourth-order valence-electron chi connectivity index (χ4n) is 1.40. The standard InChI is InChI=1S/C12H10ClN3O3/c1-2-19-12(18)8-6-15-10(16-11(8)17)9-4-3-7(13)5-14-9/h3-6H,2H2,1H3,(H,15,16,17). The molecule has 2 heterocycles. The number of nitrogens with one attached hydrogen (secondary N) is 1. The third-order valence-electron chi connectivity index (χ3n) is 2.26. The predicted molar refractivity (Wildman–Crippen MR) is 69.1 cm³/mol. The van der Waals surface area contributed by atoms with Crippen LogP contribution in [0.25, 0.3) is 11.5 Å². The Morgan fingerprint density at radius 3 is 2.74 bits per heavy atom. The summed E-state index contributed by atoms with van der Waals surface area (Å²) < 4.78 is 4.74. The largest absolute Gasteiger partial charge is 0.462 e.